The van der Waals surface area contributed by atoms with Crippen LogP contribution in [0.3, 0.4) is 0 Å². The van der Waals surface area contributed by atoms with Crippen LogP contribution in [0.4, 0.5) is 8.78 Å². The van der Waals surface area contributed by atoms with Gasteiger partial charge in [0, 0.05) is 63.3 Å². The third kappa shape index (κ3) is 7.21. The monoisotopic (exact) mass is 703 g/mol. The highest BCUT2D eigenvalue weighted by molar-refractivity contribution is 7.85. The van der Waals surface area contributed by atoms with Gasteiger partial charge in [-0.25, -0.2) is 13.8 Å². The summed E-state index contributed by atoms with van der Waals surface area (Å²) >= 11 is 0. The molecular formula is C38H39F2N3O6S. The Bertz CT molecular complexity index is 2110. The zero-order valence-electron chi connectivity index (χ0n) is 28.0. The molecule has 5 aromatic rings. The summed E-state index contributed by atoms with van der Waals surface area (Å²) in [6.45, 7) is 5.94. The molecule has 4 N–H and O–H groups in total. The van der Waals surface area contributed by atoms with Crippen LogP contribution in [0, 0.1) is 17.0 Å². The van der Waals surface area contributed by atoms with Gasteiger partial charge in [-0.3, -0.25) is 13.8 Å². The maximum Gasteiger partial charge on any atom is 0.319 e. The van der Waals surface area contributed by atoms with Gasteiger partial charge in [-0.1, -0.05) is 44.5 Å². The molecule has 9 nitrogen and oxygen atoms in total. The minimum atomic E-state index is -1.96. The van der Waals surface area contributed by atoms with E-state index in [1.807, 2.05) is 45.0 Å². The fourth-order valence-electron chi connectivity index (χ4n) is 6.90. The molecule has 50 heavy (non-hydrogen) atoms. The van der Waals surface area contributed by atoms with Crippen molar-refractivity contribution in [3.05, 3.63) is 101 Å². The lowest BCUT2D eigenvalue weighted by atomic mass is 9.73. The minimum absolute atomic E-state index is 0.0171. The number of H-pyrrole nitrogens is 2. The van der Waals surface area contributed by atoms with Crippen LogP contribution in [-0.2, 0) is 38.0 Å². The van der Waals surface area contributed by atoms with Gasteiger partial charge in [0.2, 0.25) is 0 Å². The summed E-state index contributed by atoms with van der Waals surface area (Å²) in [5, 5.41) is 18.9. The van der Waals surface area contributed by atoms with E-state index in [0.717, 1.165) is 11.1 Å². The average molecular weight is 704 g/mol. The van der Waals surface area contributed by atoms with Crippen molar-refractivity contribution in [2.45, 2.75) is 75.7 Å². The summed E-state index contributed by atoms with van der Waals surface area (Å²) in [6, 6.07) is 14.6. The Morgan fingerprint density at radius 3 is 2.60 bits per heavy atom. The van der Waals surface area contributed by atoms with Gasteiger partial charge in [0.25, 0.3) is 0 Å². The molecule has 0 aliphatic carbocycles. The van der Waals surface area contributed by atoms with Crippen LogP contribution >= 0.6 is 0 Å². The predicted molar refractivity (Wildman–Crippen MR) is 187 cm³/mol. The molecular weight excluding hydrogens is 664 g/mol. The van der Waals surface area contributed by atoms with Gasteiger partial charge in [0.05, 0.1) is 11.3 Å². The van der Waals surface area contributed by atoms with Gasteiger partial charge < -0.3 is 24.9 Å². The number of aromatic amines is 2. The van der Waals surface area contributed by atoms with Gasteiger partial charge in [-0.2, -0.15) is 0 Å². The van der Waals surface area contributed by atoms with Crippen LogP contribution in [0.2, 0.25) is 0 Å². The number of fused-ring (bicyclic) bond motifs is 8. The molecule has 0 saturated carbocycles. The molecule has 0 spiro atoms. The fourth-order valence-corrected chi connectivity index (χ4v) is 8.53. The number of aromatic nitrogens is 3. The molecule has 0 fully saturated rings. The molecule has 2 aromatic heterocycles. The Kier molecular flexibility index (Phi) is 9.67. The van der Waals surface area contributed by atoms with Gasteiger partial charge in [0.1, 0.15) is 22.6 Å². The zero-order chi connectivity index (χ0) is 35.8. The number of hydrogen-bond donors (Lipinski definition) is 4. The Morgan fingerprint density at radius 1 is 1.04 bits per heavy atom. The smallest absolute Gasteiger partial charge is 0.319 e. The molecule has 0 radical (unpaired) electrons. The van der Waals surface area contributed by atoms with E-state index < -0.39 is 50.5 Å². The highest BCUT2D eigenvalue weighted by Gasteiger charge is 2.36. The van der Waals surface area contributed by atoms with Crippen LogP contribution in [-0.4, -0.2) is 46.6 Å². The van der Waals surface area contributed by atoms with Crippen molar-refractivity contribution >= 4 is 33.6 Å². The van der Waals surface area contributed by atoms with E-state index in [2.05, 4.69) is 15.0 Å². The van der Waals surface area contributed by atoms with E-state index >= 15 is 8.78 Å². The zero-order valence-corrected chi connectivity index (χ0v) is 28.8. The number of carboxylic acid groups (broad SMARTS) is 2. The Labute approximate surface area is 290 Å². The van der Waals surface area contributed by atoms with E-state index in [9.17, 15) is 24.0 Å². The molecule has 3 aromatic carbocycles. The highest BCUT2D eigenvalue weighted by atomic mass is 32.2. The summed E-state index contributed by atoms with van der Waals surface area (Å²) < 4.78 is 51.2. The molecule has 0 amide bonds. The number of halogens is 2. The molecule has 1 aliphatic rings. The predicted octanol–water partition coefficient (Wildman–Crippen LogP) is 8.25. The van der Waals surface area contributed by atoms with Gasteiger partial charge in [0.15, 0.2) is 11.6 Å². The number of ether oxygens (including phenoxy) is 1. The summed E-state index contributed by atoms with van der Waals surface area (Å²) in [4.78, 5) is 34.8. The van der Waals surface area contributed by atoms with E-state index in [-0.39, 0.29) is 47.0 Å². The quantitative estimate of drug-likeness (QED) is 0.144. The highest BCUT2D eigenvalue weighted by Crippen LogP contribution is 2.42. The largest absolute Gasteiger partial charge is 0.481 e. The molecule has 12 heteroatoms. The van der Waals surface area contributed by atoms with Crippen molar-refractivity contribution in [1.82, 2.24) is 15.0 Å². The number of imidazole rings is 1. The third-order valence-electron chi connectivity index (χ3n) is 9.79. The first-order valence-corrected chi connectivity index (χ1v) is 17.9. The number of nitrogens with one attached hydrogen (secondary N) is 2. The lowest BCUT2D eigenvalue weighted by Gasteiger charge is -2.33. The maximum absolute atomic E-state index is 15.7. The first-order chi connectivity index (χ1) is 23.7. The van der Waals surface area contributed by atoms with Crippen LogP contribution in [0.15, 0.2) is 67.0 Å². The van der Waals surface area contributed by atoms with Gasteiger partial charge >= 0.3 is 11.9 Å². The summed E-state index contributed by atoms with van der Waals surface area (Å²) in [7, 11) is -1.96. The van der Waals surface area contributed by atoms with Crippen molar-refractivity contribution in [3.63, 3.8) is 0 Å². The molecule has 3 unspecified atom stereocenters. The lowest BCUT2D eigenvalue weighted by molar-refractivity contribution is -0.138. The van der Waals surface area contributed by atoms with Crippen molar-refractivity contribution < 1.29 is 37.5 Å². The van der Waals surface area contributed by atoms with E-state index in [0.29, 0.717) is 42.3 Å². The van der Waals surface area contributed by atoms with Crippen LogP contribution in [0.25, 0.3) is 22.3 Å². The van der Waals surface area contributed by atoms with Crippen molar-refractivity contribution in [2.75, 3.05) is 0 Å². The number of rotatable bonds is 5. The number of carboxylic acids is 2. The Balaban J connectivity index is 1.49. The number of carbonyl (C=O) groups is 2. The number of nitrogens with zero attached hydrogens (tertiary/aromatic N) is 1. The standard InChI is InChI=1S/C38H39F2N3O6S/c1-37(2)13-5-14-38(3,23-7-4-6-22(16-23)8-11-33(44)45)32-20-42-35(43-32)26-17-24(9-10-28(26)39)49-34-27(21-50(48)31(19-37)36(46)47)25-12-15-41-30(25)18-29(34)40/h4,6-7,9-10,12,15-18,20,31,41H,5,8,11,13-14,19,21H2,1-3H3,(H,42,43)(H,44,45)(H,46,47). The Morgan fingerprint density at radius 2 is 1.84 bits per heavy atom. The maximum atomic E-state index is 15.7. The second kappa shape index (κ2) is 13.8. The summed E-state index contributed by atoms with van der Waals surface area (Å²) in [6.07, 6.45) is 5.55. The topological polar surface area (TPSA) is 145 Å². The second-order valence-corrected chi connectivity index (χ2v) is 15.6. The van der Waals surface area contributed by atoms with Crippen LogP contribution < -0.4 is 4.74 Å². The van der Waals surface area contributed by atoms with Crippen LogP contribution in [0.5, 0.6) is 11.5 Å². The molecule has 0 saturated heterocycles. The molecule has 1 aliphatic heterocycles. The molecule has 262 valence electrons. The number of aliphatic carboxylic acids is 2. The minimum Gasteiger partial charge on any atom is -0.481 e. The van der Waals surface area contributed by atoms with Gasteiger partial charge in [-0.15, -0.1) is 0 Å². The SMILES string of the molecule is CC1(C)CCCC(C)(c2cccc(CCC(=O)O)c2)c2cnc([nH]2)-c2cc(ccc2F)Oc2c(F)cc3[nH]ccc3c2CS(=O)C(C(=O)O)C1. The van der Waals surface area contributed by atoms with Crippen molar-refractivity contribution in [2.24, 2.45) is 5.41 Å². The van der Waals surface area contributed by atoms with E-state index in [4.69, 9.17) is 4.74 Å². The number of aryl methyl sites for hydroxylation is 1. The lowest BCUT2D eigenvalue weighted by Crippen LogP contribution is -2.33. The molecule has 3 heterocycles. The van der Waals surface area contributed by atoms with Crippen molar-refractivity contribution in [1.29, 1.82) is 0 Å². The summed E-state index contributed by atoms with van der Waals surface area (Å²) in [5.74, 6) is -3.58. The fraction of sp³-hybridized carbons (Fsp3) is 0.342. The first kappa shape index (κ1) is 35.0. The molecule has 6 rings (SSSR count). The average Bonchev–Trinajstić information content (AvgIpc) is 3.75. The molecule has 3 atom stereocenters. The second-order valence-electron chi connectivity index (χ2n) is 14.0. The molecule has 4 bridgehead atoms. The number of benzene rings is 3. The Hall–Kier alpha value is -4.84. The van der Waals surface area contributed by atoms with Crippen LogP contribution in [0.1, 0.15) is 75.3 Å². The first-order valence-electron chi connectivity index (χ1n) is 16.5. The van der Waals surface area contributed by atoms with E-state index in [1.165, 1.54) is 24.3 Å². The number of hydrogen-bond acceptors (Lipinski definition) is 5. The van der Waals surface area contributed by atoms with E-state index in [1.54, 1.807) is 18.5 Å². The normalized spacial score (nSPS) is 21.1. The van der Waals surface area contributed by atoms with Crippen molar-refractivity contribution in [3.8, 4) is 22.9 Å². The van der Waals surface area contributed by atoms with Gasteiger partial charge in [-0.05, 0) is 73.4 Å². The third-order valence-corrected chi connectivity index (χ3v) is 11.4. The summed E-state index contributed by atoms with van der Waals surface area (Å²) in [5.41, 5.74) is 2.02.